The van der Waals surface area contributed by atoms with E-state index in [1.165, 1.54) is 12.8 Å². The first-order chi connectivity index (χ1) is 9.10. The van der Waals surface area contributed by atoms with Crippen LogP contribution in [0.25, 0.3) is 0 Å². The zero-order valence-corrected chi connectivity index (χ0v) is 13.9. The third-order valence-corrected chi connectivity index (χ3v) is 5.14. The van der Waals surface area contributed by atoms with E-state index < -0.39 is 5.41 Å². The highest BCUT2D eigenvalue weighted by Crippen LogP contribution is 2.27. The first-order valence-electron chi connectivity index (χ1n) is 7.13. The normalized spacial score (nSPS) is 19.2. The van der Waals surface area contributed by atoms with Crippen LogP contribution in [0.4, 0.5) is 0 Å². The Morgan fingerprint density at radius 1 is 1.55 bits per heavy atom. The van der Waals surface area contributed by atoms with E-state index in [0.717, 1.165) is 36.9 Å². The van der Waals surface area contributed by atoms with Crippen molar-refractivity contribution in [2.45, 2.75) is 38.5 Å². The number of amides is 1. The van der Waals surface area contributed by atoms with Crippen LogP contribution in [0.15, 0.2) is 17.5 Å². The fourth-order valence-electron chi connectivity index (χ4n) is 2.53. The van der Waals surface area contributed by atoms with Gasteiger partial charge in [0.2, 0.25) is 5.91 Å². The van der Waals surface area contributed by atoms with Crippen LogP contribution < -0.4 is 10.6 Å². The molecule has 0 radical (unpaired) electrons. The summed E-state index contributed by atoms with van der Waals surface area (Å²) in [6, 6.07) is 4.04. The van der Waals surface area contributed by atoms with Gasteiger partial charge in [-0.2, -0.15) is 0 Å². The second kappa shape index (κ2) is 8.01. The average Bonchev–Trinajstić information content (AvgIpc) is 2.94. The summed E-state index contributed by atoms with van der Waals surface area (Å²) in [6.07, 6.45) is 3.63. The molecule has 0 aromatic carbocycles. The highest BCUT2D eigenvalue weighted by Gasteiger charge is 2.30. The summed E-state index contributed by atoms with van der Waals surface area (Å²) >= 11 is 1.65. The molecule has 0 saturated carbocycles. The van der Waals surface area contributed by atoms with Crippen molar-refractivity contribution in [1.29, 1.82) is 0 Å². The molecule has 20 heavy (non-hydrogen) atoms. The summed E-state index contributed by atoms with van der Waals surface area (Å²) in [5.41, 5.74) is -0.418. The molecule has 3 nitrogen and oxygen atoms in total. The van der Waals surface area contributed by atoms with Gasteiger partial charge in [0, 0.05) is 11.4 Å². The Hall–Kier alpha value is -0.580. The van der Waals surface area contributed by atoms with Gasteiger partial charge in [-0.3, -0.25) is 4.79 Å². The van der Waals surface area contributed by atoms with Gasteiger partial charge in [0.1, 0.15) is 0 Å². The molecule has 1 amide bonds. The Morgan fingerprint density at radius 3 is 2.95 bits per heavy atom. The Labute approximate surface area is 131 Å². The quantitative estimate of drug-likeness (QED) is 0.877. The molecule has 2 N–H and O–H groups in total. The summed E-state index contributed by atoms with van der Waals surface area (Å²) in [6.45, 7) is 7.03. The molecule has 0 aliphatic carbocycles. The maximum absolute atomic E-state index is 12.3. The minimum atomic E-state index is -0.418. The fourth-order valence-corrected chi connectivity index (χ4v) is 3.38. The number of nitrogens with one attached hydrogen (secondary N) is 2. The van der Waals surface area contributed by atoms with Crippen LogP contribution in [0.2, 0.25) is 0 Å². The van der Waals surface area contributed by atoms with Crippen LogP contribution in [0.5, 0.6) is 0 Å². The number of halogens is 1. The molecule has 0 spiro atoms. The molecule has 1 saturated heterocycles. The lowest BCUT2D eigenvalue weighted by molar-refractivity contribution is -0.125. The van der Waals surface area contributed by atoms with E-state index in [1.807, 2.05) is 31.4 Å². The standard InChI is InChI=1S/C15H24N2OS.ClH/c1-15(2,13-6-4-10-19-13)14(18)17-9-7-12-5-3-8-16-11-12;/h4,6,10,12,16H,3,5,7-9,11H2,1-2H3,(H,17,18);1H. The van der Waals surface area contributed by atoms with Gasteiger partial charge in [0.25, 0.3) is 0 Å². The minimum absolute atomic E-state index is 0. The molecule has 1 aromatic rings. The van der Waals surface area contributed by atoms with Crippen LogP contribution in [0, 0.1) is 5.92 Å². The molecule has 1 fully saturated rings. The molecule has 114 valence electrons. The van der Waals surface area contributed by atoms with Crippen LogP contribution in [0.1, 0.15) is 38.0 Å². The summed E-state index contributed by atoms with van der Waals surface area (Å²) in [5.74, 6) is 0.859. The van der Waals surface area contributed by atoms with Crippen LogP contribution in [-0.4, -0.2) is 25.5 Å². The lowest BCUT2D eigenvalue weighted by atomic mass is 9.90. The van der Waals surface area contributed by atoms with Crippen molar-refractivity contribution < 1.29 is 4.79 Å². The van der Waals surface area contributed by atoms with Crippen molar-refractivity contribution >= 4 is 29.7 Å². The number of hydrogen-bond donors (Lipinski definition) is 2. The molecular weight excluding hydrogens is 292 g/mol. The van der Waals surface area contributed by atoms with Crippen molar-refractivity contribution in [2.24, 2.45) is 5.92 Å². The molecule has 5 heteroatoms. The zero-order valence-electron chi connectivity index (χ0n) is 12.3. The first-order valence-corrected chi connectivity index (χ1v) is 8.01. The Morgan fingerprint density at radius 2 is 2.35 bits per heavy atom. The third kappa shape index (κ3) is 4.47. The number of thiophene rings is 1. The van der Waals surface area contributed by atoms with E-state index in [0.29, 0.717) is 0 Å². The number of rotatable bonds is 5. The Bertz CT molecular complexity index is 400. The van der Waals surface area contributed by atoms with Gasteiger partial charge in [0.15, 0.2) is 0 Å². The highest BCUT2D eigenvalue weighted by molar-refractivity contribution is 7.10. The lowest BCUT2D eigenvalue weighted by Gasteiger charge is -2.25. The summed E-state index contributed by atoms with van der Waals surface area (Å²) < 4.78 is 0. The molecule has 2 rings (SSSR count). The van der Waals surface area contributed by atoms with Gasteiger partial charge < -0.3 is 10.6 Å². The molecule has 1 aliphatic heterocycles. The van der Waals surface area contributed by atoms with Crippen molar-refractivity contribution in [3.8, 4) is 0 Å². The first kappa shape index (κ1) is 17.5. The average molecular weight is 317 g/mol. The van der Waals surface area contributed by atoms with Crippen molar-refractivity contribution in [1.82, 2.24) is 10.6 Å². The van der Waals surface area contributed by atoms with Gasteiger partial charge in [-0.25, -0.2) is 0 Å². The largest absolute Gasteiger partial charge is 0.355 e. The smallest absolute Gasteiger partial charge is 0.230 e. The van der Waals surface area contributed by atoms with E-state index in [9.17, 15) is 4.79 Å². The molecule has 0 bridgehead atoms. The summed E-state index contributed by atoms with van der Waals surface area (Å²) in [7, 11) is 0. The predicted octanol–water partition coefficient (Wildman–Crippen LogP) is 2.95. The molecular formula is C15H25ClN2OS. The van der Waals surface area contributed by atoms with E-state index in [4.69, 9.17) is 0 Å². The number of carbonyl (C=O) groups is 1. The number of piperidine rings is 1. The fraction of sp³-hybridized carbons (Fsp3) is 0.667. The molecule has 1 unspecified atom stereocenters. The van der Waals surface area contributed by atoms with Crippen LogP contribution in [-0.2, 0) is 10.2 Å². The molecule has 1 aromatic heterocycles. The molecule has 1 aliphatic rings. The van der Waals surface area contributed by atoms with Crippen molar-refractivity contribution in [3.05, 3.63) is 22.4 Å². The number of hydrogen-bond acceptors (Lipinski definition) is 3. The summed E-state index contributed by atoms with van der Waals surface area (Å²) in [4.78, 5) is 13.4. The maximum atomic E-state index is 12.3. The molecule has 1 atom stereocenters. The van der Waals surface area contributed by atoms with Gasteiger partial charge in [-0.15, -0.1) is 23.7 Å². The monoisotopic (exact) mass is 316 g/mol. The van der Waals surface area contributed by atoms with Gasteiger partial charge in [-0.05, 0) is 63.6 Å². The predicted molar refractivity (Wildman–Crippen MR) is 87.8 cm³/mol. The van der Waals surface area contributed by atoms with E-state index in [-0.39, 0.29) is 18.3 Å². The van der Waals surface area contributed by atoms with E-state index in [1.54, 1.807) is 11.3 Å². The second-order valence-electron chi connectivity index (χ2n) is 5.86. The molecule has 2 heterocycles. The van der Waals surface area contributed by atoms with Crippen molar-refractivity contribution in [3.63, 3.8) is 0 Å². The SMILES string of the molecule is CC(C)(C(=O)NCCC1CCCNC1)c1cccs1.Cl. The lowest BCUT2D eigenvalue weighted by Crippen LogP contribution is -2.41. The summed E-state index contributed by atoms with van der Waals surface area (Å²) in [5, 5.41) is 8.54. The zero-order chi connectivity index (χ0) is 13.7. The third-order valence-electron chi connectivity index (χ3n) is 3.94. The van der Waals surface area contributed by atoms with Crippen LogP contribution in [0.3, 0.4) is 0 Å². The van der Waals surface area contributed by atoms with Gasteiger partial charge >= 0.3 is 0 Å². The number of carbonyl (C=O) groups excluding carboxylic acids is 1. The van der Waals surface area contributed by atoms with Gasteiger partial charge in [-0.1, -0.05) is 6.07 Å². The maximum Gasteiger partial charge on any atom is 0.230 e. The van der Waals surface area contributed by atoms with E-state index >= 15 is 0 Å². The Balaban J connectivity index is 0.00000200. The van der Waals surface area contributed by atoms with Gasteiger partial charge in [0.05, 0.1) is 5.41 Å². The second-order valence-corrected chi connectivity index (χ2v) is 6.81. The van der Waals surface area contributed by atoms with Crippen molar-refractivity contribution in [2.75, 3.05) is 19.6 Å². The Kier molecular flexibility index (Phi) is 7.00. The highest BCUT2D eigenvalue weighted by atomic mass is 35.5. The van der Waals surface area contributed by atoms with E-state index in [2.05, 4.69) is 10.6 Å². The minimum Gasteiger partial charge on any atom is -0.355 e. The topological polar surface area (TPSA) is 41.1 Å². The van der Waals surface area contributed by atoms with Crippen LogP contribution >= 0.6 is 23.7 Å².